The summed E-state index contributed by atoms with van der Waals surface area (Å²) in [6.45, 7) is 2.32. The zero-order valence-corrected chi connectivity index (χ0v) is 18.6. The fourth-order valence-electron chi connectivity index (χ4n) is 3.60. The van der Waals surface area contributed by atoms with Crippen molar-refractivity contribution < 1.29 is 31.9 Å². The summed E-state index contributed by atoms with van der Waals surface area (Å²) < 4.78 is 47.8. The molecule has 2 amide bonds. The van der Waals surface area contributed by atoms with Gasteiger partial charge in [-0.25, -0.2) is 9.78 Å². The Bertz CT molecular complexity index is 1200. The molecule has 34 heavy (non-hydrogen) atoms. The van der Waals surface area contributed by atoms with E-state index in [4.69, 9.17) is 20.8 Å². The number of carbonyl (C=O) groups is 2. The molecule has 0 spiro atoms. The number of hydrogen-bond acceptors (Lipinski definition) is 5. The van der Waals surface area contributed by atoms with E-state index < -0.39 is 30.2 Å². The first-order chi connectivity index (χ1) is 16.1. The highest BCUT2D eigenvalue weighted by atomic mass is 35.5. The Morgan fingerprint density at radius 1 is 1.26 bits per heavy atom. The first kappa shape index (κ1) is 23.6. The van der Waals surface area contributed by atoms with Crippen LogP contribution in [0.1, 0.15) is 24.2 Å². The molecule has 7 nitrogen and oxygen atoms in total. The van der Waals surface area contributed by atoms with Crippen molar-refractivity contribution in [2.45, 2.75) is 31.7 Å². The Hall–Kier alpha value is -3.53. The van der Waals surface area contributed by atoms with Gasteiger partial charge in [0.05, 0.1) is 12.7 Å². The van der Waals surface area contributed by atoms with Gasteiger partial charge in [-0.3, -0.25) is 10.1 Å². The number of cyclic esters (lactones) is 1. The van der Waals surface area contributed by atoms with Crippen LogP contribution in [0.5, 0.6) is 0 Å². The number of hydrogen-bond donors (Lipinski definition) is 1. The quantitative estimate of drug-likeness (QED) is 0.482. The molecule has 3 aromatic rings. The van der Waals surface area contributed by atoms with Crippen molar-refractivity contribution in [3.05, 3.63) is 70.9 Å². The maximum absolute atomic E-state index is 12.4. The minimum atomic E-state index is -5.03. The summed E-state index contributed by atoms with van der Waals surface area (Å²) in [6.07, 6.45) is -4.27. The van der Waals surface area contributed by atoms with Crippen LogP contribution >= 0.6 is 11.6 Å². The molecule has 0 bridgehead atoms. The van der Waals surface area contributed by atoms with Gasteiger partial charge in [0.1, 0.15) is 6.10 Å². The van der Waals surface area contributed by atoms with Crippen LogP contribution in [0.25, 0.3) is 11.5 Å². The van der Waals surface area contributed by atoms with Crippen LogP contribution in [0.2, 0.25) is 5.02 Å². The Labute approximate surface area is 197 Å². The molecule has 2 aromatic carbocycles. The molecule has 1 aromatic heterocycles. The first-order valence-electron chi connectivity index (χ1n) is 10.3. The molecule has 1 aliphatic rings. The van der Waals surface area contributed by atoms with E-state index in [0.717, 1.165) is 17.3 Å². The van der Waals surface area contributed by atoms with Crippen molar-refractivity contribution in [2.24, 2.45) is 0 Å². The lowest BCUT2D eigenvalue weighted by Crippen LogP contribution is -2.35. The van der Waals surface area contributed by atoms with Crippen LogP contribution in [0, 0.1) is 0 Å². The molecule has 11 heteroatoms. The van der Waals surface area contributed by atoms with E-state index in [1.54, 1.807) is 52.7 Å². The first-order valence-corrected chi connectivity index (χ1v) is 10.6. The minimum Gasteiger partial charge on any atom is -0.439 e. The topological polar surface area (TPSA) is 84.7 Å². The largest absolute Gasteiger partial charge is 0.471 e. The van der Waals surface area contributed by atoms with Gasteiger partial charge < -0.3 is 14.1 Å². The average Bonchev–Trinajstić information content (AvgIpc) is 3.40. The van der Waals surface area contributed by atoms with Crippen LogP contribution in [-0.2, 0) is 16.0 Å². The van der Waals surface area contributed by atoms with Crippen molar-refractivity contribution in [3.8, 4) is 11.5 Å². The normalized spacial score (nSPS) is 16.9. The third-order valence-corrected chi connectivity index (χ3v) is 5.56. The zero-order valence-electron chi connectivity index (χ0n) is 17.8. The number of amides is 2. The van der Waals surface area contributed by atoms with Crippen LogP contribution in [0.15, 0.2) is 59.1 Å². The van der Waals surface area contributed by atoms with Gasteiger partial charge in [-0.15, -0.1) is 0 Å². The van der Waals surface area contributed by atoms with Crippen molar-refractivity contribution >= 4 is 29.5 Å². The highest BCUT2D eigenvalue weighted by molar-refractivity contribution is 6.30. The summed E-state index contributed by atoms with van der Waals surface area (Å²) in [4.78, 5) is 29.0. The molecule has 2 heterocycles. The highest BCUT2D eigenvalue weighted by Gasteiger charge is 2.39. The van der Waals surface area contributed by atoms with Gasteiger partial charge in [0.2, 0.25) is 11.8 Å². The van der Waals surface area contributed by atoms with E-state index in [0.29, 0.717) is 23.6 Å². The van der Waals surface area contributed by atoms with Crippen molar-refractivity contribution in [2.75, 3.05) is 11.9 Å². The third kappa shape index (κ3) is 5.33. The predicted octanol–water partition coefficient (Wildman–Crippen LogP) is 5.62. The SMILES string of the molecule is CC(Cc1ccc(-c2ncc(NC(=O)C(F)(F)F)o2)cc1)N1CC(c2cccc(Cl)c2)OC1=O. The van der Waals surface area contributed by atoms with Crippen molar-refractivity contribution in [1.82, 2.24) is 9.88 Å². The second-order valence-corrected chi connectivity index (χ2v) is 8.25. The summed E-state index contributed by atoms with van der Waals surface area (Å²) in [5, 5.41) is 2.18. The molecule has 178 valence electrons. The van der Waals surface area contributed by atoms with E-state index in [9.17, 15) is 22.8 Å². The van der Waals surface area contributed by atoms with Gasteiger partial charge >= 0.3 is 18.2 Å². The van der Waals surface area contributed by atoms with Gasteiger partial charge in [-0.2, -0.15) is 13.2 Å². The van der Waals surface area contributed by atoms with Crippen LogP contribution in [-0.4, -0.2) is 40.6 Å². The van der Waals surface area contributed by atoms with Crippen molar-refractivity contribution in [1.29, 1.82) is 0 Å². The van der Waals surface area contributed by atoms with E-state index >= 15 is 0 Å². The number of aromatic nitrogens is 1. The molecule has 1 saturated heterocycles. The lowest BCUT2D eigenvalue weighted by Gasteiger charge is -2.22. The fraction of sp³-hybridized carbons (Fsp3) is 0.261. The van der Waals surface area contributed by atoms with Gasteiger partial charge in [0.25, 0.3) is 0 Å². The number of ether oxygens (including phenoxy) is 1. The second kappa shape index (κ2) is 9.38. The third-order valence-electron chi connectivity index (χ3n) is 5.32. The number of alkyl halides is 3. The number of carbonyl (C=O) groups excluding carboxylic acids is 2. The summed E-state index contributed by atoms with van der Waals surface area (Å²) in [6, 6.07) is 14.0. The lowest BCUT2D eigenvalue weighted by atomic mass is 10.0. The van der Waals surface area contributed by atoms with Gasteiger partial charge in [-0.05, 0) is 48.7 Å². The van der Waals surface area contributed by atoms with Gasteiger partial charge in [-0.1, -0.05) is 35.9 Å². The standard InChI is InChI=1S/C23H19ClF3N3O4/c1-13(30-12-18(33-22(30)32)16-3-2-4-17(24)10-16)9-14-5-7-15(8-6-14)20-28-11-19(34-20)29-21(31)23(25,26)27/h2-8,10-11,13,18H,9,12H2,1H3,(H,29,31). The molecule has 0 radical (unpaired) electrons. The Morgan fingerprint density at radius 2 is 2.00 bits per heavy atom. The summed E-state index contributed by atoms with van der Waals surface area (Å²) in [5.41, 5.74) is 2.27. The average molecular weight is 494 g/mol. The van der Waals surface area contributed by atoms with Gasteiger partial charge in [0, 0.05) is 16.6 Å². The molecule has 2 atom stereocenters. The van der Waals surface area contributed by atoms with Crippen LogP contribution in [0.3, 0.4) is 0 Å². The van der Waals surface area contributed by atoms with Gasteiger partial charge in [0.15, 0.2) is 0 Å². The summed E-state index contributed by atoms with van der Waals surface area (Å²) in [5.74, 6) is -2.49. The molecular formula is C23H19ClF3N3O4. The Morgan fingerprint density at radius 3 is 2.68 bits per heavy atom. The molecular weight excluding hydrogens is 475 g/mol. The van der Waals surface area contributed by atoms with Crippen LogP contribution < -0.4 is 5.32 Å². The number of benzene rings is 2. The smallest absolute Gasteiger partial charge is 0.439 e. The summed E-state index contributed by atoms with van der Waals surface area (Å²) in [7, 11) is 0. The number of nitrogens with zero attached hydrogens (tertiary/aromatic N) is 2. The Kier molecular flexibility index (Phi) is 6.52. The summed E-state index contributed by atoms with van der Waals surface area (Å²) >= 11 is 6.04. The molecule has 1 N–H and O–H groups in total. The van der Waals surface area contributed by atoms with Crippen molar-refractivity contribution in [3.63, 3.8) is 0 Å². The number of nitrogens with one attached hydrogen (secondary N) is 1. The van der Waals surface area contributed by atoms with Crippen LogP contribution in [0.4, 0.5) is 23.8 Å². The molecule has 2 unspecified atom stereocenters. The monoisotopic (exact) mass is 493 g/mol. The maximum atomic E-state index is 12.4. The zero-order chi connectivity index (χ0) is 24.5. The maximum Gasteiger partial charge on any atom is 0.471 e. The van der Waals surface area contributed by atoms with E-state index in [1.807, 2.05) is 13.0 Å². The predicted molar refractivity (Wildman–Crippen MR) is 117 cm³/mol. The minimum absolute atomic E-state index is 0.0598. The van der Waals surface area contributed by atoms with E-state index in [1.165, 1.54) is 0 Å². The fourth-order valence-corrected chi connectivity index (χ4v) is 3.80. The highest BCUT2D eigenvalue weighted by Crippen LogP contribution is 2.30. The number of halogens is 4. The molecule has 4 rings (SSSR count). The molecule has 0 saturated carbocycles. The molecule has 1 fully saturated rings. The van der Waals surface area contributed by atoms with E-state index in [2.05, 4.69) is 4.98 Å². The molecule has 0 aliphatic carbocycles. The van der Waals surface area contributed by atoms with E-state index in [-0.39, 0.29) is 11.9 Å². The number of anilines is 1. The number of rotatable bonds is 6. The second-order valence-electron chi connectivity index (χ2n) is 7.81. The lowest BCUT2D eigenvalue weighted by molar-refractivity contribution is -0.167. The Balaban J connectivity index is 1.37. The molecule has 1 aliphatic heterocycles. The number of oxazole rings is 1.